The summed E-state index contributed by atoms with van der Waals surface area (Å²) in [4.78, 5) is 8.54. The molecule has 0 saturated heterocycles. The van der Waals surface area contributed by atoms with E-state index in [1.807, 2.05) is 26.4 Å². The minimum atomic E-state index is 0.620. The first kappa shape index (κ1) is 12.8. The van der Waals surface area contributed by atoms with E-state index >= 15 is 0 Å². The maximum absolute atomic E-state index is 4.38. The fraction of sp³-hybridized carbons (Fsp3) is 0.364. The van der Waals surface area contributed by atoms with Crippen LogP contribution in [-0.2, 0) is 13.6 Å². The van der Waals surface area contributed by atoms with Gasteiger partial charge in [-0.1, -0.05) is 0 Å². The molecular formula is C11H15BrN6. The fourth-order valence-corrected chi connectivity index (χ4v) is 1.81. The molecule has 6 nitrogen and oxygen atoms in total. The van der Waals surface area contributed by atoms with Crippen LogP contribution < -0.4 is 10.6 Å². The van der Waals surface area contributed by atoms with Gasteiger partial charge in [-0.3, -0.25) is 4.68 Å². The first-order valence-electron chi connectivity index (χ1n) is 5.67. The van der Waals surface area contributed by atoms with Crippen molar-refractivity contribution in [1.82, 2.24) is 19.7 Å². The Morgan fingerprint density at radius 1 is 1.33 bits per heavy atom. The Kier molecular flexibility index (Phi) is 4.14. The normalized spacial score (nSPS) is 10.4. The van der Waals surface area contributed by atoms with Crippen LogP contribution in [0.1, 0.15) is 12.5 Å². The molecule has 2 aromatic rings. The SMILES string of the molecule is CCNc1ncc(Br)c(NCc2cnn(C)c2)n1. The summed E-state index contributed by atoms with van der Waals surface area (Å²) in [5, 5.41) is 10.4. The molecule has 18 heavy (non-hydrogen) atoms. The summed E-state index contributed by atoms with van der Waals surface area (Å²) in [7, 11) is 1.90. The third-order valence-corrected chi connectivity index (χ3v) is 2.88. The number of aromatic nitrogens is 4. The van der Waals surface area contributed by atoms with E-state index in [9.17, 15) is 0 Å². The number of aryl methyl sites for hydroxylation is 1. The Bertz CT molecular complexity index is 524. The highest BCUT2D eigenvalue weighted by Gasteiger charge is 2.05. The molecule has 2 N–H and O–H groups in total. The Balaban J connectivity index is 2.05. The average molecular weight is 311 g/mol. The van der Waals surface area contributed by atoms with Gasteiger partial charge in [-0.2, -0.15) is 10.1 Å². The molecule has 2 rings (SSSR count). The van der Waals surface area contributed by atoms with Gasteiger partial charge in [0, 0.05) is 38.1 Å². The third kappa shape index (κ3) is 3.19. The van der Waals surface area contributed by atoms with E-state index in [0.717, 1.165) is 22.4 Å². The number of rotatable bonds is 5. The van der Waals surface area contributed by atoms with Gasteiger partial charge in [0.1, 0.15) is 5.82 Å². The van der Waals surface area contributed by atoms with Gasteiger partial charge in [0.15, 0.2) is 0 Å². The van der Waals surface area contributed by atoms with Crippen molar-refractivity contribution in [2.24, 2.45) is 7.05 Å². The van der Waals surface area contributed by atoms with E-state index in [2.05, 4.69) is 41.6 Å². The highest BCUT2D eigenvalue weighted by atomic mass is 79.9. The Hall–Kier alpha value is -1.63. The Morgan fingerprint density at radius 3 is 2.83 bits per heavy atom. The largest absolute Gasteiger partial charge is 0.365 e. The molecular weight excluding hydrogens is 296 g/mol. The second-order valence-electron chi connectivity index (χ2n) is 3.80. The van der Waals surface area contributed by atoms with Crippen LogP contribution in [0.5, 0.6) is 0 Å². The lowest BCUT2D eigenvalue weighted by Crippen LogP contribution is -2.06. The van der Waals surface area contributed by atoms with Gasteiger partial charge in [0.25, 0.3) is 0 Å². The summed E-state index contributed by atoms with van der Waals surface area (Å²) in [6.07, 6.45) is 5.52. The summed E-state index contributed by atoms with van der Waals surface area (Å²) < 4.78 is 2.61. The van der Waals surface area contributed by atoms with Gasteiger partial charge in [-0.15, -0.1) is 0 Å². The first-order valence-corrected chi connectivity index (χ1v) is 6.46. The molecule has 0 spiro atoms. The molecule has 2 aromatic heterocycles. The molecule has 0 aliphatic carbocycles. The second-order valence-corrected chi connectivity index (χ2v) is 4.65. The van der Waals surface area contributed by atoms with E-state index in [4.69, 9.17) is 0 Å². The van der Waals surface area contributed by atoms with Crippen molar-refractivity contribution in [3.05, 3.63) is 28.6 Å². The number of nitrogens with zero attached hydrogens (tertiary/aromatic N) is 4. The van der Waals surface area contributed by atoms with Gasteiger partial charge < -0.3 is 10.6 Å². The molecule has 0 aromatic carbocycles. The lowest BCUT2D eigenvalue weighted by Gasteiger charge is -2.08. The van der Waals surface area contributed by atoms with Gasteiger partial charge in [0.2, 0.25) is 5.95 Å². The van der Waals surface area contributed by atoms with Gasteiger partial charge in [-0.25, -0.2) is 4.98 Å². The molecule has 0 aliphatic heterocycles. The van der Waals surface area contributed by atoms with E-state index < -0.39 is 0 Å². The summed E-state index contributed by atoms with van der Waals surface area (Å²) in [6, 6.07) is 0. The number of hydrogen-bond donors (Lipinski definition) is 2. The summed E-state index contributed by atoms with van der Waals surface area (Å²) in [5.74, 6) is 1.39. The van der Waals surface area contributed by atoms with Crippen molar-refractivity contribution < 1.29 is 0 Å². The molecule has 0 bridgehead atoms. The van der Waals surface area contributed by atoms with Crippen LogP contribution >= 0.6 is 15.9 Å². The Labute approximate surface area is 114 Å². The van der Waals surface area contributed by atoms with Crippen molar-refractivity contribution in [3.8, 4) is 0 Å². The first-order chi connectivity index (χ1) is 8.69. The van der Waals surface area contributed by atoms with Crippen molar-refractivity contribution in [2.45, 2.75) is 13.5 Å². The predicted molar refractivity (Wildman–Crippen MR) is 74.4 cm³/mol. The maximum atomic E-state index is 4.38. The zero-order chi connectivity index (χ0) is 13.0. The molecule has 0 saturated carbocycles. The molecule has 0 radical (unpaired) electrons. The third-order valence-electron chi connectivity index (χ3n) is 2.30. The van der Waals surface area contributed by atoms with Gasteiger partial charge in [-0.05, 0) is 22.9 Å². The Morgan fingerprint density at radius 2 is 2.17 bits per heavy atom. The van der Waals surface area contributed by atoms with Crippen LogP contribution in [0.15, 0.2) is 23.1 Å². The molecule has 0 amide bonds. The molecule has 0 unspecified atom stereocenters. The number of nitrogens with one attached hydrogen (secondary N) is 2. The molecule has 2 heterocycles. The van der Waals surface area contributed by atoms with E-state index in [1.54, 1.807) is 10.9 Å². The van der Waals surface area contributed by atoms with Crippen molar-refractivity contribution in [2.75, 3.05) is 17.2 Å². The van der Waals surface area contributed by atoms with Crippen molar-refractivity contribution in [3.63, 3.8) is 0 Å². The maximum Gasteiger partial charge on any atom is 0.224 e. The summed E-state index contributed by atoms with van der Waals surface area (Å²) in [5.41, 5.74) is 1.10. The molecule has 7 heteroatoms. The second kappa shape index (κ2) is 5.81. The van der Waals surface area contributed by atoms with Crippen LogP contribution in [0.25, 0.3) is 0 Å². The predicted octanol–water partition coefficient (Wildman–Crippen LogP) is 2.02. The minimum absolute atomic E-state index is 0.620. The topological polar surface area (TPSA) is 67.7 Å². The van der Waals surface area contributed by atoms with E-state index in [1.165, 1.54) is 0 Å². The van der Waals surface area contributed by atoms with Crippen molar-refractivity contribution >= 4 is 27.7 Å². The van der Waals surface area contributed by atoms with Crippen molar-refractivity contribution in [1.29, 1.82) is 0 Å². The molecule has 0 atom stereocenters. The van der Waals surface area contributed by atoms with E-state index in [-0.39, 0.29) is 0 Å². The number of anilines is 2. The van der Waals surface area contributed by atoms with Crippen LogP contribution in [0.4, 0.5) is 11.8 Å². The van der Waals surface area contributed by atoms with Crippen LogP contribution in [0.3, 0.4) is 0 Å². The highest BCUT2D eigenvalue weighted by Crippen LogP contribution is 2.20. The quantitative estimate of drug-likeness (QED) is 0.884. The number of hydrogen-bond acceptors (Lipinski definition) is 5. The lowest BCUT2D eigenvalue weighted by atomic mass is 10.3. The summed E-state index contributed by atoms with van der Waals surface area (Å²) >= 11 is 3.42. The standard InChI is InChI=1S/C11H15BrN6/c1-3-13-11-15-6-9(12)10(17-11)14-4-8-5-16-18(2)7-8/h5-7H,3-4H2,1-2H3,(H2,13,14,15,17). The lowest BCUT2D eigenvalue weighted by molar-refractivity contribution is 0.767. The molecule has 0 aliphatic rings. The van der Waals surface area contributed by atoms with E-state index in [0.29, 0.717) is 12.5 Å². The van der Waals surface area contributed by atoms with Gasteiger partial charge >= 0.3 is 0 Å². The average Bonchev–Trinajstić information content (AvgIpc) is 2.76. The minimum Gasteiger partial charge on any atom is -0.365 e. The molecule has 0 fully saturated rings. The monoisotopic (exact) mass is 310 g/mol. The van der Waals surface area contributed by atoms with Crippen LogP contribution in [-0.4, -0.2) is 26.3 Å². The smallest absolute Gasteiger partial charge is 0.224 e. The number of halogens is 1. The zero-order valence-corrected chi connectivity index (χ0v) is 11.9. The van der Waals surface area contributed by atoms with Crippen LogP contribution in [0.2, 0.25) is 0 Å². The summed E-state index contributed by atoms with van der Waals surface area (Å²) in [6.45, 7) is 3.48. The highest BCUT2D eigenvalue weighted by molar-refractivity contribution is 9.10. The fourth-order valence-electron chi connectivity index (χ4n) is 1.48. The zero-order valence-electron chi connectivity index (χ0n) is 10.3. The molecule has 96 valence electrons. The van der Waals surface area contributed by atoms with Gasteiger partial charge in [0.05, 0.1) is 10.7 Å². The van der Waals surface area contributed by atoms with Crippen LogP contribution in [0, 0.1) is 0 Å².